The number of benzene rings is 1. The summed E-state index contributed by atoms with van der Waals surface area (Å²) in [6, 6.07) is 6.68. The number of carboxylic acid groups (broad SMARTS) is 1. The van der Waals surface area contributed by atoms with E-state index in [1.54, 1.807) is 24.3 Å². The molecule has 112 valence electrons. The van der Waals surface area contributed by atoms with E-state index in [2.05, 4.69) is 27.3 Å². The van der Waals surface area contributed by atoms with Gasteiger partial charge in [0.1, 0.15) is 22.0 Å². The molecule has 0 unspecified atom stereocenters. The first kappa shape index (κ1) is 15.8. The molecule has 8 heteroatoms. The molecule has 2 rings (SSSR count). The zero-order valence-electron chi connectivity index (χ0n) is 11.2. The molecule has 6 nitrogen and oxygen atoms in total. The first-order chi connectivity index (χ1) is 9.72. The number of nitrogens with one attached hydrogen (secondary N) is 1. The zero-order chi connectivity index (χ0) is 15.8. The van der Waals surface area contributed by atoms with Gasteiger partial charge in [-0.15, -0.1) is 0 Å². The van der Waals surface area contributed by atoms with Crippen molar-refractivity contribution in [2.75, 3.05) is 4.72 Å². The van der Waals surface area contributed by atoms with Crippen LogP contribution in [0.4, 0.5) is 5.69 Å². The summed E-state index contributed by atoms with van der Waals surface area (Å²) in [5.41, 5.74) is 0.00974. The Kier molecular flexibility index (Phi) is 4.28. The Morgan fingerprint density at radius 3 is 2.29 bits per heavy atom. The first-order valence-electron chi connectivity index (χ1n) is 5.84. The molecular formula is C13H12INO5S. The molecule has 0 aliphatic heterocycles. The molecule has 2 N–H and O–H groups in total. The van der Waals surface area contributed by atoms with Gasteiger partial charge in [-0.2, -0.15) is 0 Å². The molecule has 0 spiro atoms. The Balaban J connectivity index is 2.50. The third kappa shape index (κ3) is 3.21. The van der Waals surface area contributed by atoms with E-state index in [4.69, 9.17) is 4.42 Å². The van der Waals surface area contributed by atoms with Crippen molar-refractivity contribution in [3.8, 4) is 0 Å². The van der Waals surface area contributed by atoms with Crippen LogP contribution in [0, 0.1) is 17.4 Å². The summed E-state index contributed by atoms with van der Waals surface area (Å²) in [4.78, 5) is 10.9. The molecule has 0 aliphatic rings. The quantitative estimate of drug-likeness (QED) is 0.740. The van der Waals surface area contributed by atoms with Crippen molar-refractivity contribution in [1.82, 2.24) is 0 Å². The number of rotatable bonds is 4. The lowest BCUT2D eigenvalue weighted by Gasteiger charge is -2.08. The molecule has 1 aromatic carbocycles. The summed E-state index contributed by atoms with van der Waals surface area (Å²) >= 11 is 2.10. The molecule has 0 saturated heterocycles. The lowest BCUT2D eigenvalue weighted by atomic mass is 10.2. The summed E-state index contributed by atoms with van der Waals surface area (Å²) in [5.74, 6) is -1.24. The summed E-state index contributed by atoms with van der Waals surface area (Å²) < 4.78 is 33.3. The Labute approximate surface area is 135 Å². The number of halogens is 1. The van der Waals surface area contributed by atoms with Gasteiger partial charge in [0.25, 0.3) is 10.0 Å². The molecule has 0 amide bonds. The van der Waals surface area contributed by atoms with E-state index < -0.39 is 16.0 Å². The minimum atomic E-state index is -4.04. The maximum atomic E-state index is 12.4. The predicted molar refractivity (Wildman–Crippen MR) is 85.1 cm³/mol. The number of aryl methyl sites for hydroxylation is 2. The van der Waals surface area contributed by atoms with Crippen LogP contribution >= 0.6 is 22.6 Å². The van der Waals surface area contributed by atoms with Crippen LogP contribution in [0.5, 0.6) is 0 Å². The number of carbonyl (C=O) groups is 1. The third-order valence-electron chi connectivity index (χ3n) is 2.78. The van der Waals surface area contributed by atoms with E-state index in [-0.39, 0.29) is 22.0 Å². The fraction of sp³-hybridized carbons (Fsp3) is 0.154. The van der Waals surface area contributed by atoms with Crippen LogP contribution in [0.1, 0.15) is 21.9 Å². The fourth-order valence-corrected chi connectivity index (χ4v) is 3.79. The van der Waals surface area contributed by atoms with Gasteiger partial charge in [0, 0.05) is 9.26 Å². The van der Waals surface area contributed by atoms with Crippen molar-refractivity contribution in [1.29, 1.82) is 0 Å². The van der Waals surface area contributed by atoms with Gasteiger partial charge in [-0.1, -0.05) is 0 Å². The Morgan fingerprint density at radius 1 is 1.19 bits per heavy atom. The average Bonchev–Trinajstić information content (AvgIpc) is 2.67. The van der Waals surface area contributed by atoms with Gasteiger partial charge in [0.15, 0.2) is 0 Å². The number of hydrogen-bond acceptors (Lipinski definition) is 4. The maximum Gasteiger partial charge on any atom is 0.340 e. The monoisotopic (exact) mass is 421 g/mol. The summed E-state index contributed by atoms with van der Waals surface area (Å²) in [6.07, 6.45) is 0. The number of sulfonamides is 1. The standard InChI is InChI=1S/C13H12INO5S/c1-7-11(13(16)17)12(8(2)20-7)21(18,19)15-10-5-3-9(14)4-6-10/h3-6,15H,1-2H3,(H,16,17). The van der Waals surface area contributed by atoms with Crippen LogP contribution in [0.25, 0.3) is 0 Å². The maximum absolute atomic E-state index is 12.4. The second-order valence-electron chi connectivity index (χ2n) is 4.34. The highest BCUT2D eigenvalue weighted by Crippen LogP contribution is 2.28. The van der Waals surface area contributed by atoms with Gasteiger partial charge < -0.3 is 9.52 Å². The number of aromatic carboxylic acids is 1. The normalized spacial score (nSPS) is 11.4. The predicted octanol–water partition coefficient (Wildman–Crippen LogP) is 3.00. The van der Waals surface area contributed by atoms with E-state index >= 15 is 0 Å². The molecule has 2 aromatic rings. The topological polar surface area (TPSA) is 96.6 Å². The van der Waals surface area contributed by atoms with Gasteiger partial charge in [0.05, 0.1) is 0 Å². The van der Waals surface area contributed by atoms with Gasteiger partial charge in [0.2, 0.25) is 0 Å². The van der Waals surface area contributed by atoms with Crippen LogP contribution in [-0.2, 0) is 10.0 Å². The SMILES string of the molecule is Cc1oc(C)c(S(=O)(=O)Nc2ccc(I)cc2)c1C(=O)O. The van der Waals surface area contributed by atoms with Crippen LogP contribution in [0.15, 0.2) is 33.6 Å². The molecular weight excluding hydrogens is 409 g/mol. The molecule has 0 bridgehead atoms. The lowest BCUT2D eigenvalue weighted by molar-refractivity contribution is 0.0691. The molecule has 0 radical (unpaired) electrons. The Morgan fingerprint density at radius 2 is 1.76 bits per heavy atom. The average molecular weight is 421 g/mol. The zero-order valence-corrected chi connectivity index (χ0v) is 14.1. The van der Waals surface area contributed by atoms with Gasteiger partial charge in [-0.05, 0) is 60.7 Å². The molecule has 0 aliphatic carbocycles. The van der Waals surface area contributed by atoms with Crippen molar-refractivity contribution in [3.63, 3.8) is 0 Å². The lowest BCUT2D eigenvalue weighted by Crippen LogP contribution is -2.16. The molecule has 0 fully saturated rings. The largest absolute Gasteiger partial charge is 0.478 e. The molecule has 0 saturated carbocycles. The van der Waals surface area contributed by atoms with Crippen LogP contribution < -0.4 is 4.72 Å². The van der Waals surface area contributed by atoms with E-state index in [0.29, 0.717) is 5.69 Å². The highest BCUT2D eigenvalue weighted by molar-refractivity contribution is 14.1. The fourth-order valence-electron chi connectivity index (χ4n) is 1.96. The van der Waals surface area contributed by atoms with Crippen LogP contribution in [-0.4, -0.2) is 19.5 Å². The van der Waals surface area contributed by atoms with Gasteiger partial charge in [-0.25, -0.2) is 13.2 Å². The first-order valence-corrected chi connectivity index (χ1v) is 8.40. The second-order valence-corrected chi connectivity index (χ2v) is 7.20. The Bertz CT molecular complexity index is 793. The van der Waals surface area contributed by atoms with E-state index in [9.17, 15) is 18.3 Å². The number of anilines is 1. The van der Waals surface area contributed by atoms with E-state index in [1.165, 1.54) is 13.8 Å². The minimum Gasteiger partial charge on any atom is -0.478 e. The van der Waals surface area contributed by atoms with Crippen molar-refractivity contribution < 1.29 is 22.7 Å². The summed E-state index contributed by atoms with van der Waals surface area (Å²) in [6.45, 7) is 2.84. The number of carboxylic acids is 1. The third-order valence-corrected chi connectivity index (χ3v) is 5.04. The molecule has 21 heavy (non-hydrogen) atoms. The van der Waals surface area contributed by atoms with E-state index in [1.807, 2.05) is 0 Å². The van der Waals surface area contributed by atoms with Crippen molar-refractivity contribution in [3.05, 3.63) is 44.9 Å². The van der Waals surface area contributed by atoms with Crippen LogP contribution in [0.3, 0.4) is 0 Å². The van der Waals surface area contributed by atoms with Crippen LogP contribution in [0.2, 0.25) is 0 Å². The Hall–Kier alpha value is -1.55. The van der Waals surface area contributed by atoms with E-state index in [0.717, 1.165) is 3.57 Å². The molecule has 1 aromatic heterocycles. The second kappa shape index (κ2) is 5.68. The minimum absolute atomic E-state index is 0.0444. The highest BCUT2D eigenvalue weighted by atomic mass is 127. The number of hydrogen-bond donors (Lipinski definition) is 2. The highest BCUT2D eigenvalue weighted by Gasteiger charge is 2.30. The van der Waals surface area contributed by atoms with Crippen molar-refractivity contribution in [2.45, 2.75) is 18.7 Å². The molecule has 0 atom stereocenters. The van der Waals surface area contributed by atoms with Gasteiger partial charge >= 0.3 is 5.97 Å². The summed E-state index contributed by atoms with van der Waals surface area (Å²) in [7, 11) is -4.04. The smallest absolute Gasteiger partial charge is 0.340 e. The van der Waals surface area contributed by atoms with Crippen molar-refractivity contribution >= 4 is 44.3 Å². The summed E-state index contributed by atoms with van der Waals surface area (Å²) in [5, 5.41) is 9.17. The number of furan rings is 1. The van der Waals surface area contributed by atoms with Crippen molar-refractivity contribution in [2.24, 2.45) is 0 Å². The molecule has 1 heterocycles. The van der Waals surface area contributed by atoms with Gasteiger partial charge in [-0.3, -0.25) is 4.72 Å².